The number of benzene rings is 2. The number of aromatic hydroxyl groups is 1. The molecule has 0 bridgehead atoms. The Morgan fingerprint density at radius 3 is 2.67 bits per heavy atom. The van der Waals surface area contributed by atoms with Crippen LogP contribution in [0.2, 0.25) is 0 Å². The number of nitrogens with zero attached hydrogens (tertiary/aromatic N) is 1. The summed E-state index contributed by atoms with van der Waals surface area (Å²) in [6.07, 6.45) is 1.83. The molecule has 118 valence electrons. The SMILES string of the molecule is Cc1ccc2c(c1)C(=Cc1sc(=O)[nH]c1O)C(c1ccccc1)=N2. The van der Waals surface area contributed by atoms with E-state index in [1.165, 1.54) is 0 Å². The van der Waals surface area contributed by atoms with Crippen LogP contribution in [0.1, 0.15) is 21.6 Å². The first-order valence-electron chi connectivity index (χ1n) is 7.51. The van der Waals surface area contributed by atoms with E-state index >= 15 is 0 Å². The number of hydrogen-bond acceptors (Lipinski definition) is 4. The van der Waals surface area contributed by atoms with E-state index in [4.69, 9.17) is 4.99 Å². The first-order chi connectivity index (χ1) is 11.6. The van der Waals surface area contributed by atoms with E-state index in [0.717, 1.165) is 45.0 Å². The summed E-state index contributed by atoms with van der Waals surface area (Å²) in [5, 5.41) is 9.92. The summed E-state index contributed by atoms with van der Waals surface area (Å²) in [5.41, 5.74) is 5.79. The topological polar surface area (TPSA) is 65.5 Å². The minimum atomic E-state index is -0.278. The standard InChI is InChI=1S/C19H14N2O2S/c1-11-7-8-15-13(9-11)14(10-16-18(22)21-19(23)24-16)17(20-15)12-5-3-2-4-6-12/h2-10,22H,1H3,(H,21,23). The summed E-state index contributed by atoms with van der Waals surface area (Å²) in [6, 6.07) is 16.0. The van der Waals surface area contributed by atoms with Crippen LogP contribution in [0.5, 0.6) is 5.88 Å². The van der Waals surface area contributed by atoms with Gasteiger partial charge in [-0.3, -0.25) is 9.78 Å². The molecule has 0 fully saturated rings. The summed E-state index contributed by atoms with van der Waals surface area (Å²) >= 11 is 0.985. The zero-order valence-electron chi connectivity index (χ0n) is 12.9. The molecule has 5 heteroatoms. The molecule has 0 aliphatic carbocycles. The van der Waals surface area contributed by atoms with Gasteiger partial charge in [0.2, 0.25) is 5.88 Å². The van der Waals surface area contributed by atoms with Gasteiger partial charge in [0.25, 0.3) is 0 Å². The molecular weight excluding hydrogens is 320 g/mol. The number of allylic oxidation sites excluding steroid dienone is 1. The fraction of sp³-hybridized carbons (Fsp3) is 0.0526. The van der Waals surface area contributed by atoms with E-state index in [2.05, 4.69) is 11.1 Å². The normalized spacial score (nSPS) is 14.7. The fourth-order valence-corrected chi connectivity index (χ4v) is 3.47. The average molecular weight is 334 g/mol. The van der Waals surface area contributed by atoms with Crippen molar-refractivity contribution in [1.29, 1.82) is 0 Å². The maximum Gasteiger partial charge on any atom is 0.307 e. The first-order valence-corrected chi connectivity index (χ1v) is 8.33. The number of aliphatic imine (C=N–C) groups is 1. The van der Waals surface area contributed by atoms with Crippen LogP contribution in [0, 0.1) is 6.92 Å². The molecule has 0 radical (unpaired) electrons. The Balaban J connectivity index is 1.94. The zero-order valence-corrected chi connectivity index (χ0v) is 13.7. The van der Waals surface area contributed by atoms with E-state index in [0.29, 0.717) is 4.88 Å². The Bertz CT molecular complexity index is 1040. The second-order valence-electron chi connectivity index (χ2n) is 5.63. The van der Waals surface area contributed by atoms with Gasteiger partial charge in [-0.15, -0.1) is 0 Å². The lowest BCUT2D eigenvalue weighted by Gasteiger charge is -2.06. The van der Waals surface area contributed by atoms with E-state index in [1.807, 2.05) is 55.5 Å². The Morgan fingerprint density at radius 1 is 1.17 bits per heavy atom. The molecule has 3 aromatic rings. The van der Waals surface area contributed by atoms with E-state index in [1.54, 1.807) is 0 Å². The highest BCUT2D eigenvalue weighted by molar-refractivity contribution is 7.10. The van der Waals surface area contributed by atoms with Crippen LogP contribution in [0.25, 0.3) is 11.6 Å². The summed E-state index contributed by atoms with van der Waals surface area (Å²) < 4.78 is 0. The third kappa shape index (κ3) is 2.49. The van der Waals surface area contributed by atoms with Crippen molar-refractivity contribution in [3.63, 3.8) is 0 Å². The smallest absolute Gasteiger partial charge is 0.307 e. The van der Waals surface area contributed by atoms with Gasteiger partial charge in [-0.2, -0.15) is 0 Å². The predicted octanol–water partition coefficient (Wildman–Crippen LogP) is 4.13. The Hall–Kier alpha value is -2.92. The molecule has 0 unspecified atom stereocenters. The molecule has 1 aliphatic rings. The molecule has 1 aliphatic heterocycles. The van der Waals surface area contributed by atoms with Crippen LogP contribution in [-0.2, 0) is 0 Å². The molecule has 0 spiro atoms. The van der Waals surface area contributed by atoms with Crippen LogP contribution in [0.15, 0.2) is 58.3 Å². The number of thiazole rings is 1. The lowest BCUT2D eigenvalue weighted by molar-refractivity contribution is 0.455. The Labute approximate surface area is 142 Å². The third-order valence-corrected chi connectivity index (χ3v) is 4.73. The maximum absolute atomic E-state index is 11.5. The van der Waals surface area contributed by atoms with Crippen LogP contribution < -0.4 is 4.87 Å². The second kappa shape index (κ2) is 5.62. The summed E-state index contributed by atoms with van der Waals surface area (Å²) in [6.45, 7) is 2.03. The van der Waals surface area contributed by atoms with Crippen molar-refractivity contribution in [2.45, 2.75) is 6.92 Å². The number of aromatic amines is 1. The molecule has 0 saturated carbocycles. The molecular formula is C19H14N2O2S. The molecule has 4 nitrogen and oxygen atoms in total. The van der Waals surface area contributed by atoms with Crippen molar-refractivity contribution in [3.05, 3.63) is 79.8 Å². The number of hydrogen-bond donors (Lipinski definition) is 2. The van der Waals surface area contributed by atoms with Crippen LogP contribution in [0.3, 0.4) is 0 Å². The largest absolute Gasteiger partial charge is 0.493 e. The summed E-state index contributed by atoms with van der Waals surface area (Å²) in [5.74, 6) is -0.106. The minimum Gasteiger partial charge on any atom is -0.493 e. The molecule has 2 heterocycles. The van der Waals surface area contributed by atoms with Gasteiger partial charge in [0.05, 0.1) is 16.3 Å². The van der Waals surface area contributed by atoms with Crippen molar-refractivity contribution in [1.82, 2.24) is 4.98 Å². The van der Waals surface area contributed by atoms with Gasteiger partial charge >= 0.3 is 4.87 Å². The molecule has 4 rings (SSSR count). The minimum absolute atomic E-state index is 0.106. The highest BCUT2D eigenvalue weighted by Gasteiger charge is 2.23. The van der Waals surface area contributed by atoms with Gasteiger partial charge in [0.1, 0.15) is 0 Å². The molecule has 2 aromatic carbocycles. The van der Waals surface area contributed by atoms with E-state index < -0.39 is 0 Å². The molecule has 2 N–H and O–H groups in total. The van der Waals surface area contributed by atoms with E-state index in [9.17, 15) is 9.90 Å². The number of rotatable bonds is 2. The third-order valence-electron chi connectivity index (χ3n) is 3.91. The highest BCUT2D eigenvalue weighted by atomic mass is 32.1. The molecule has 0 saturated heterocycles. The molecule has 0 amide bonds. The second-order valence-corrected chi connectivity index (χ2v) is 6.65. The summed E-state index contributed by atoms with van der Waals surface area (Å²) in [4.78, 5) is 18.9. The van der Waals surface area contributed by atoms with Crippen LogP contribution in [-0.4, -0.2) is 15.8 Å². The van der Waals surface area contributed by atoms with Gasteiger partial charge < -0.3 is 5.11 Å². The molecule has 1 aromatic heterocycles. The first kappa shape index (κ1) is 14.7. The lowest BCUT2D eigenvalue weighted by Crippen LogP contribution is -1.99. The number of aryl methyl sites for hydroxylation is 1. The van der Waals surface area contributed by atoms with Crippen molar-refractivity contribution >= 4 is 34.4 Å². The van der Waals surface area contributed by atoms with Crippen molar-refractivity contribution in [3.8, 4) is 5.88 Å². The average Bonchev–Trinajstić information content (AvgIpc) is 3.08. The number of aromatic nitrogens is 1. The zero-order chi connectivity index (χ0) is 16.7. The summed E-state index contributed by atoms with van der Waals surface area (Å²) in [7, 11) is 0. The Morgan fingerprint density at radius 2 is 1.96 bits per heavy atom. The van der Waals surface area contributed by atoms with Gasteiger partial charge in [-0.05, 0) is 25.1 Å². The van der Waals surface area contributed by atoms with Gasteiger partial charge in [0.15, 0.2) is 0 Å². The number of fused-ring (bicyclic) bond motifs is 1. The Kier molecular flexibility index (Phi) is 3.43. The van der Waals surface area contributed by atoms with Crippen molar-refractivity contribution in [2.75, 3.05) is 0 Å². The predicted molar refractivity (Wildman–Crippen MR) is 98.3 cm³/mol. The molecule has 0 atom stereocenters. The fourth-order valence-electron chi connectivity index (χ4n) is 2.79. The quantitative estimate of drug-likeness (QED) is 0.740. The lowest BCUT2D eigenvalue weighted by atomic mass is 9.96. The van der Waals surface area contributed by atoms with Crippen LogP contribution >= 0.6 is 11.3 Å². The monoisotopic (exact) mass is 334 g/mol. The van der Waals surface area contributed by atoms with Crippen molar-refractivity contribution in [2.24, 2.45) is 4.99 Å². The number of H-pyrrole nitrogens is 1. The molecule has 24 heavy (non-hydrogen) atoms. The van der Waals surface area contributed by atoms with Crippen LogP contribution in [0.4, 0.5) is 5.69 Å². The van der Waals surface area contributed by atoms with Gasteiger partial charge in [-0.1, -0.05) is 53.3 Å². The van der Waals surface area contributed by atoms with Gasteiger partial charge in [-0.25, -0.2) is 4.99 Å². The highest BCUT2D eigenvalue weighted by Crippen LogP contribution is 2.39. The maximum atomic E-state index is 11.5. The number of nitrogens with one attached hydrogen (secondary N) is 1. The van der Waals surface area contributed by atoms with Crippen molar-refractivity contribution < 1.29 is 5.11 Å². The van der Waals surface area contributed by atoms with E-state index in [-0.39, 0.29) is 10.8 Å². The van der Waals surface area contributed by atoms with Gasteiger partial charge in [0, 0.05) is 16.7 Å².